The van der Waals surface area contributed by atoms with Crippen molar-refractivity contribution >= 4 is 16.6 Å². The molecule has 1 aromatic carbocycles. The fourth-order valence-electron chi connectivity index (χ4n) is 3.43. The van der Waals surface area contributed by atoms with E-state index in [-0.39, 0.29) is 0 Å². The molecule has 2 aromatic rings. The third kappa shape index (κ3) is 3.08. The lowest BCUT2D eigenvalue weighted by molar-refractivity contribution is 0.277. The van der Waals surface area contributed by atoms with Crippen LogP contribution >= 0.6 is 0 Å². The van der Waals surface area contributed by atoms with Crippen LogP contribution in [0.4, 0.5) is 5.69 Å². The Morgan fingerprint density at radius 3 is 2.48 bits per heavy atom. The van der Waals surface area contributed by atoms with E-state index in [0.29, 0.717) is 6.04 Å². The average Bonchev–Trinajstić information content (AvgIpc) is 2.62. The van der Waals surface area contributed by atoms with E-state index in [4.69, 9.17) is 5.73 Å². The van der Waals surface area contributed by atoms with E-state index in [1.54, 1.807) is 0 Å². The van der Waals surface area contributed by atoms with Gasteiger partial charge < -0.3 is 10.3 Å². The number of hydrogen-bond donors (Lipinski definition) is 1. The zero-order valence-electron chi connectivity index (χ0n) is 13.3. The molecule has 1 fully saturated rings. The Kier molecular flexibility index (Phi) is 4.20. The monoisotopic (exact) mass is 285 g/mol. The first-order chi connectivity index (χ1) is 10.1. The fraction of sp³-hybridized carbons (Fsp3) is 0.556. The van der Waals surface area contributed by atoms with Crippen LogP contribution in [0.2, 0.25) is 0 Å². The van der Waals surface area contributed by atoms with E-state index in [1.807, 2.05) is 6.07 Å². The molecule has 0 unspecified atom stereocenters. The molecule has 1 saturated heterocycles. The molecule has 114 valence electrons. The van der Waals surface area contributed by atoms with Gasteiger partial charge in [0.15, 0.2) is 0 Å². The maximum Gasteiger partial charge on any atom is 0.0506 e. The molecule has 0 saturated carbocycles. The predicted octanol–water partition coefficient (Wildman–Crippen LogP) is 4.18. The van der Waals surface area contributed by atoms with Crippen molar-refractivity contribution in [3.05, 3.63) is 30.0 Å². The first-order valence-electron chi connectivity index (χ1n) is 8.26. The quantitative estimate of drug-likeness (QED) is 0.858. The SMILES string of the molecule is CC(C)n1cc(CN2CCCCCC2)c2ccc(N)cc21. The summed E-state index contributed by atoms with van der Waals surface area (Å²) in [5.74, 6) is 0. The molecule has 0 spiro atoms. The second-order valence-corrected chi connectivity index (χ2v) is 6.62. The van der Waals surface area contributed by atoms with Crippen LogP contribution in [0.3, 0.4) is 0 Å². The molecule has 3 heteroatoms. The number of aromatic nitrogens is 1. The van der Waals surface area contributed by atoms with Crippen molar-refractivity contribution in [1.82, 2.24) is 9.47 Å². The van der Waals surface area contributed by atoms with Gasteiger partial charge in [0.1, 0.15) is 0 Å². The van der Waals surface area contributed by atoms with Gasteiger partial charge in [-0.25, -0.2) is 0 Å². The molecule has 1 aromatic heterocycles. The molecular weight excluding hydrogens is 258 g/mol. The second-order valence-electron chi connectivity index (χ2n) is 6.62. The number of hydrogen-bond acceptors (Lipinski definition) is 2. The summed E-state index contributed by atoms with van der Waals surface area (Å²) in [5, 5.41) is 1.36. The molecular formula is C18H27N3. The highest BCUT2D eigenvalue weighted by Gasteiger charge is 2.15. The van der Waals surface area contributed by atoms with Gasteiger partial charge in [0.2, 0.25) is 0 Å². The number of nitrogens with two attached hydrogens (primary N) is 1. The third-order valence-electron chi connectivity index (χ3n) is 4.59. The van der Waals surface area contributed by atoms with E-state index in [2.05, 4.69) is 41.6 Å². The Balaban J connectivity index is 1.94. The lowest BCUT2D eigenvalue weighted by Crippen LogP contribution is -2.23. The molecule has 3 nitrogen and oxygen atoms in total. The van der Waals surface area contributed by atoms with Crippen LogP contribution in [0, 0.1) is 0 Å². The largest absolute Gasteiger partial charge is 0.399 e. The number of anilines is 1. The molecule has 3 rings (SSSR count). The first-order valence-corrected chi connectivity index (χ1v) is 8.26. The highest BCUT2D eigenvalue weighted by Crippen LogP contribution is 2.28. The van der Waals surface area contributed by atoms with Gasteiger partial charge in [0.25, 0.3) is 0 Å². The minimum Gasteiger partial charge on any atom is -0.399 e. The smallest absolute Gasteiger partial charge is 0.0506 e. The van der Waals surface area contributed by atoms with Crippen LogP contribution in [-0.2, 0) is 6.54 Å². The number of fused-ring (bicyclic) bond motifs is 1. The minimum absolute atomic E-state index is 0.465. The molecule has 2 heterocycles. The van der Waals surface area contributed by atoms with Gasteiger partial charge in [0.05, 0.1) is 5.52 Å². The Bertz CT molecular complexity index is 604. The van der Waals surface area contributed by atoms with E-state index in [9.17, 15) is 0 Å². The van der Waals surface area contributed by atoms with E-state index in [1.165, 1.54) is 55.2 Å². The predicted molar refractivity (Wildman–Crippen MR) is 90.5 cm³/mol. The molecule has 1 aliphatic rings. The first kappa shape index (κ1) is 14.5. The van der Waals surface area contributed by atoms with Crippen LogP contribution in [0.1, 0.15) is 51.1 Å². The second kappa shape index (κ2) is 6.10. The molecule has 0 atom stereocenters. The van der Waals surface area contributed by atoms with E-state index >= 15 is 0 Å². The average molecular weight is 285 g/mol. The van der Waals surface area contributed by atoms with Gasteiger partial charge in [-0.3, -0.25) is 4.90 Å². The molecule has 0 radical (unpaired) electrons. The van der Waals surface area contributed by atoms with Crippen molar-refractivity contribution in [2.75, 3.05) is 18.8 Å². The zero-order chi connectivity index (χ0) is 14.8. The van der Waals surface area contributed by atoms with Gasteiger partial charge in [-0.1, -0.05) is 18.9 Å². The molecule has 1 aliphatic heterocycles. The summed E-state index contributed by atoms with van der Waals surface area (Å²) in [4.78, 5) is 2.61. The van der Waals surface area contributed by atoms with Crippen LogP contribution in [0.25, 0.3) is 10.9 Å². The number of benzene rings is 1. The van der Waals surface area contributed by atoms with Crippen molar-refractivity contribution in [2.45, 2.75) is 52.1 Å². The van der Waals surface area contributed by atoms with Crippen molar-refractivity contribution in [2.24, 2.45) is 0 Å². The molecule has 0 amide bonds. The van der Waals surface area contributed by atoms with E-state index < -0.39 is 0 Å². The summed E-state index contributed by atoms with van der Waals surface area (Å²) in [7, 11) is 0. The Morgan fingerprint density at radius 2 is 1.81 bits per heavy atom. The summed E-state index contributed by atoms with van der Waals surface area (Å²) >= 11 is 0. The van der Waals surface area contributed by atoms with Crippen molar-refractivity contribution in [3.8, 4) is 0 Å². The fourth-order valence-corrected chi connectivity index (χ4v) is 3.43. The van der Waals surface area contributed by atoms with Gasteiger partial charge in [-0.2, -0.15) is 0 Å². The number of nitrogens with zero attached hydrogens (tertiary/aromatic N) is 2. The maximum atomic E-state index is 5.98. The van der Waals surface area contributed by atoms with Crippen molar-refractivity contribution < 1.29 is 0 Å². The molecule has 0 aliphatic carbocycles. The van der Waals surface area contributed by atoms with Crippen LogP contribution < -0.4 is 5.73 Å². The summed E-state index contributed by atoms with van der Waals surface area (Å²) in [6.45, 7) is 8.02. The maximum absolute atomic E-state index is 5.98. The molecule has 2 N–H and O–H groups in total. The topological polar surface area (TPSA) is 34.2 Å². The van der Waals surface area contributed by atoms with Gasteiger partial charge in [0, 0.05) is 29.9 Å². The summed E-state index contributed by atoms with van der Waals surface area (Å²) in [6, 6.07) is 6.80. The van der Waals surface area contributed by atoms with Gasteiger partial charge in [-0.05, 0) is 57.5 Å². The lowest BCUT2D eigenvalue weighted by atomic mass is 10.1. The third-order valence-corrected chi connectivity index (χ3v) is 4.59. The summed E-state index contributed by atoms with van der Waals surface area (Å²) < 4.78 is 2.36. The van der Waals surface area contributed by atoms with Crippen molar-refractivity contribution in [1.29, 1.82) is 0 Å². The summed E-state index contributed by atoms with van der Waals surface area (Å²) in [6.07, 6.45) is 7.80. The minimum atomic E-state index is 0.465. The van der Waals surface area contributed by atoms with Gasteiger partial charge >= 0.3 is 0 Å². The van der Waals surface area contributed by atoms with Crippen LogP contribution in [0.15, 0.2) is 24.4 Å². The van der Waals surface area contributed by atoms with Crippen molar-refractivity contribution in [3.63, 3.8) is 0 Å². The van der Waals surface area contributed by atoms with Gasteiger partial charge in [-0.15, -0.1) is 0 Å². The number of nitrogen functional groups attached to an aromatic ring is 1. The summed E-state index contributed by atoms with van der Waals surface area (Å²) in [5.41, 5.74) is 9.55. The lowest BCUT2D eigenvalue weighted by Gasteiger charge is -2.19. The number of rotatable bonds is 3. The highest BCUT2D eigenvalue weighted by molar-refractivity contribution is 5.86. The molecule has 21 heavy (non-hydrogen) atoms. The number of likely N-dealkylation sites (tertiary alicyclic amines) is 1. The van der Waals surface area contributed by atoms with E-state index in [0.717, 1.165) is 12.2 Å². The Hall–Kier alpha value is -1.48. The Morgan fingerprint density at radius 1 is 1.10 bits per heavy atom. The van der Waals surface area contributed by atoms with Crippen LogP contribution in [-0.4, -0.2) is 22.6 Å². The highest BCUT2D eigenvalue weighted by atomic mass is 15.1. The van der Waals surface area contributed by atoms with Crippen LogP contribution in [0.5, 0.6) is 0 Å². The standard InChI is InChI=1S/C18H27N3/c1-14(2)21-13-15(12-20-9-5-3-4-6-10-20)17-8-7-16(19)11-18(17)21/h7-8,11,13-14H,3-6,9-10,12,19H2,1-2H3. The normalized spacial score (nSPS) is 17.5. The molecule has 0 bridgehead atoms. The Labute approximate surface area is 127 Å². The zero-order valence-corrected chi connectivity index (χ0v) is 13.3.